The van der Waals surface area contributed by atoms with Crippen molar-refractivity contribution in [2.75, 3.05) is 0 Å². The Morgan fingerprint density at radius 2 is 2.36 bits per heavy atom. The van der Waals surface area contributed by atoms with Crippen molar-refractivity contribution in [1.29, 1.82) is 0 Å². The van der Waals surface area contributed by atoms with Crippen molar-refractivity contribution >= 4 is 11.6 Å². The Labute approximate surface area is 129 Å². The molecule has 7 nitrogen and oxygen atoms in total. The molecule has 1 N–H and O–H groups in total. The van der Waals surface area contributed by atoms with Crippen molar-refractivity contribution in [2.45, 2.75) is 51.6 Å². The molecule has 2 aliphatic rings. The number of nitrogens with one attached hydrogen (secondary N) is 1. The van der Waals surface area contributed by atoms with Gasteiger partial charge in [0.2, 0.25) is 5.91 Å². The summed E-state index contributed by atoms with van der Waals surface area (Å²) in [7, 11) is 0. The number of aromatic nitrogens is 2. The summed E-state index contributed by atoms with van der Waals surface area (Å²) in [6.07, 6.45) is 8.11. The average molecular weight is 306 g/mol. The Morgan fingerprint density at radius 1 is 1.55 bits per heavy atom. The van der Waals surface area contributed by atoms with Crippen LogP contribution in [0.2, 0.25) is 0 Å². The minimum Gasteiger partial charge on any atom is -0.353 e. The van der Waals surface area contributed by atoms with Gasteiger partial charge in [-0.15, -0.1) is 0 Å². The largest absolute Gasteiger partial charge is 0.353 e. The Hall–Kier alpha value is -1.92. The summed E-state index contributed by atoms with van der Waals surface area (Å²) in [6, 6.07) is 0.217. The van der Waals surface area contributed by atoms with Crippen LogP contribution >= 0.6 is 0 Å². The first-order chi connectivity index (χ1) is 10.5. The van der Waals surface area contributed by atoms with Gasteiger partial charge in [-0.25, -0.2) is 0 Å². The standard InChI is InChI=1S/C15H22N4O3/c1-10(14-7-11-2-3-12(14)6-11)17-15(20)4-5-18-9-13(8-16-18)19(21)22/h8-12,14H,2-7H2,1H3,(H,17,20)/t10-,11+,12+,14+/m1/s1. The van der Waals surface area contributed by atoms with Crippen LogP contribution in [0.4, 0.5) is 5.69 Å². The molecule has 4 atom stereocenters. The molecule has 1 aromatic heterocycles. The SMILES string of the molecule is C[C@@H](NC(=O)CCn1cc([N+](=O)[O-])cn1)[C@@H]1C[C@H]2CC[C@H]1C2. The number of carbonyl (C=O) groups excluding carboxylic acids is 1. The van der Waals surface area contributed by atoms with Crippen LogP contribution in [0.25, 0.3) is 0 Å². The van der Waals surface area contributed by atoms with E-state index in [1.807, 2.05) is 0 Å². The zero-order valence-electron chi connectivity index (χ0n) is 12.8. The van der Waals surface area contributed by atoms with Gasteiger partial charge in [0, 0.05) is 19.0 Å². The van der Waals surface area contributed by atoms with Gasteiger partial charge in [0.15, 0.2) is 0 Å². The summed E-state index contributed by atoms with van der Waals surface area (Å²) in [5.41, 5.74) is -0.0456. The summed E-state index contributed by atoms with van der Waals surface area (Å²) in [6.45, 7) is 2.46. The maximum atomic E-state index is 12.0. The lowest BCUT2D eigenvalue weighted by Gasteiger charge is -2.28. The molecule has 0 aromatic carbocycles. The first-order valence-electron chi connectivity index (χ1n) is 7.99. The van der Waals surface area contributed by atoms with Gasteiger partial charge in [0.25, 0.3) is 0 Å². The van der Waals surface area contributed by atoms with Crippen molar-refractivity contribution in [1.82, 2.24) is 15.1 Å². The fourth-order valence-corrected chi connectivity index (χ4v) is 4.12. The summed E-state index contributed by atoms with van der Waals surface area (Å²) < 4.78 is 1.44. The number of hydrogen-bond acceptors (Lipinski definition) is 4. The predicted octanol–water partition coefficient (Wildman–Crippen LogP) is 2.12. The maximum Gasteiger partial charge on any atom is 0.306 e. The molecule has 2 fully saturated rings. The summed E-state index contributed by atoms with van der Waals surface area (Å²) in [5, 5.41) is 17.6. The third-order valence-corrected chi connectivity index (χ3v) is 5.22. The number of fused-ring (bicyclic) bond motifs is 2. The van der Waals surface area contributed by atoms with E-state index in [9.17, 15) is 14.9 Å². The number of aryl methyl sites for hydroxylation is 1. The Bertz CT molecular complexity index is 571. The smallest absolute Gasteiger partial charge is 0.306 e. The molecule has 0 radical (unpaired) electrons. The number of carbonyl (C=O) groups is 1. The molecule has 1 amide bonds. The number of nitrogens with zero attached hydrogens (tertiary/aromatic N) is 3. The zero-order chi connectivity index (χ0) is 15.7. The van der Waals surface area contributed by atoms with E-state index in [1.165, 1.54) is 42.8 Å². The monoisotopic (exact) mass is 306 g/mol. The molecule has 120 valence electrons. The van der Waals surface area contributed by atoms with Crippen molar-refractivity contribution in [3.63, 3.8) is 0 Å². The van der Waals surface area contributed by atoms with Crippen LogP contribution in [-0.2, 0) is 11.3 Å². The fourth-order valence-electron chi connectivity index (χ4n) is 4.12. The molecule has 0 unspecified atom stereocenters. The van der Waals surface area contributed by atoms with E-state index in [0.29, 0.717) is 18.9 Å². The lowest BCUT2D eigenvalue weighted by Crippen LogP contribution is -2.40. The fraction of sp³-hybridized carbons (Fsp3) is 0.733. The van der Waals surface area contributed by atoms with Crippen LogP contribution in [-0.4, -0.2) is 26.7 Å². The third-order valence-electron chi connectivity index (χ3n) is 5.22. The van der Waals surface area contributed by atoms with E-state index in [2.05, 4.69) is 17.3 Å². The van der Waals surface area contributed by atoms with E-state index in [-0.39, 0.29) is 17.6 Å². The molecule has 22 heavy (non-hydrogen) atoms. The summed E-state index contributed by atoms with van der Waals surface area (Å²) in [5.74, 6) is 2.27. The van der Waals surface area contributed by atoms with Gasteiger partial charge in [-0.1, -0.05) is 6.42 Å². The highest BCUT2D eigenvalue weighted by molar-refractivity contribution is 5.76. The van der Waals surface area contributed by atoms with Crippen LogP contribution in [0, 0.1) is 27.9 Å². The number of nitro groups is 1. The first kappa shape index (κ1) is 15.0. The van der Waals surface area contributed by atoms with E-state index in [0.717, 1.165) is 11.8 Å². The van der Waals surface area contributed by atoms with Gasteiger partial charge < -0.3 is 5.32 Å². The van der Waals surface area contributed by atoms with Crippen molar-refractivity contribution in [2.24, 2.45) is 17.8 Å². The maximum absolute atomic E-state index is 12.0. The van der Waals surface area contributed by atoms with Gasteiger partial charge in [0.05, 0.1) is 4.92 Å². The topological polar surface area (TPSA) is 90.1 Å². The molecule has 0 saturated heterocycles. The summed E-state index contributed by atoms with van der Waals surface area (Å²) in [4.78, 5) is 22.1. The lowest BCUT2D eigenvalue weighted by molar-refractivity contribution is -0.385. The molecular formula is C15H22N4O3. The van der Waals surface area contributed by atoms with E-state index in [1.54, 1.807) is 0 Å². The Balaban J connectivity index is 1.45. The minimum atomic E-state index is -0.485. The van der Waals surface area contributed by atoms with Crippen molar-refractivity contribution in [3.8, 4) is 0 Å². The average Bonchev–Trinajstić information content (AvgIpc) is 3.20. The number of hydrogen-bond donors (Lipinski definition) is 1. The molecule has 2 aliphatic carbocycles. The van der Waals surface area contributed by atoms with E-state index in [4.69, 9.17) is 0 Å². The molecule has 3 rings (SSSR count). The van der Waals surface area contributed by atoms with E-state index >= 15 is 0 Å². The van der Waals surface area contributed by atoms with Gasteiger partial charge in [-0.2, -0.15) is 5.10 Å². The molecule has 0 spiro atoms. The molecule has 1 aromatic rings. The van der Waals surface area contributed by atoms with Gasteiger partial charge >= 0.3 is 5.69 Å². The van der Waals surface area contributed by atoms with Crippen molar-refractivity contribution in [3.05, 3.63) is 22.5 Å². The second-order valence-electron chi connectivity index (χ2n) is 6.66. The normalized spacial score (nSPS) is 27.8. The first-order valence-corrected chi connectivity index (χ1v) is 7.99. The second-order valence-corrected chi connectivity index (χ2v) is 6.66. The van der Waals surface area contributed by atoms with Crippen LogP contribution < -0.4 is 5.32 Å². The highest BCUT2D eigenvalue weighted by atomic mass is 16.6. The summed E-state index contributed by atoms with van der Waals surface area (Å²) >= 11 is 0. The Morgan fingerprint density at radius 3 is 2.95 bits per heavy atom. The predicted molar refractivity (Wildman–Crippen MR) is 80.0 cm³/mol. The Kier molecular flexibility index (Phi) is 4.13. The molecular weight excluding hydrogens is 284 g/mol. The number of rotatable bonds is 6. The van der Waals surface area contributed by atoms with E-state index < -0.39 is 4.92 Å². The highest BCUT2D eigenvalue weighted by Gasteiger charge is 2.42. The van der Waals surface area contributed by atoms with Crippen LogP contribution in [0.15, 0.2) is 12.4 Å². The van der Waals surface area contributed by atoms with Gasteiger partial charge in [0.1, 0.15) is 12.4 Å². The molecule has 2 saturated carbocycles. The van der Waals surface area contributed by atoms with Crippen LogP contribution in [0.5, 0.6) is 0 Å². The molecule has 2 bridgehead atoms. The quantitative estimate of drug-likeness (QED) is 0.644. The lowest BCUT2D eigenvalue weighted by atomic mass is 9.84. The third kappa shape index (κ3) is 3.13. The molecule has 0 aliphatic heterocycles. The molecule has 1 heterocycles. The second kappa shape index (κ2) is 6.06. The number of amides is 1. The molecule has 7 heteroatoms. The van der Waals surface area contributed by atoms with Crippen LogP contribution in [0.3, 0.4) is 0 Å². The van der Waals surface area contributed by atoms with Gasteiger partial charge in [-0.05, 0) is 43.9 Å². The minimum absolute atomic E-state index is 0.00609. The van der Waals surface area contributed by atoms with Crippen LogP contribution in [0.1, 0.15) is 39.0 Å². The van der Waals surface area contributed by atoms with Crippen molar-refractivity contribution < 1.29 is 9.72 Å². The van der Waals surface area contributed by atoms with Gasteiger partial charge in [-0.3, -0.25) is 19.6 Å². The zero-order valence-corrected chi connectivity index (χ0v) is 12.8. The highest BCUT2D eigenvalue weighted by Crippen LogP contribution is 2.49.